The molecule has 10 nitrogen and oxygen atoms in total. The van der Waals surface area contributed by atoms with Gasteiger partial charge in [0.15, 0.2) is 11.5 Å². The van der Waals surface area contributed by atoms with Gasteiger partial charge in [-0.2, -0.15) is 23.3 Å². The second-order valence-electron chi connectivity index (χ2n) is 11.5. The Kier molecular flexibility index (Phi) is 8.36. The summed E-state index contributed by atoms with van der Waals surface area (Å²) in [5, 5.41) is 7.60. The summed E-state index contributed by atoms with van der Waals surface area (Å²) in [6.45, 7) is 4.89. The number of aryl methyl sites for hydroxylation is 2. The highest BCUT2D eigenvalue weighted by Gasteiger charge is 2.34. The van der Waals surface area contributed by atoms with Gasteiger partial charge in [-0.15, -0.1) is 0 Å². The number of rotatable bonds is 7. The lowest BCUT2D eigenvalue weighted by atomic mass is 10.0. The molecule has 0 radical (unpaired) electrons. The normalized spacial score (nSPS) is 14.5. The molecule has 0 unspecified atom stereocenters. The van der Waals surface area contributed by atoms with E-state index in [-0.39, 0.29) is 29.2 Å². The maximum absolute atomic E-state index is 14.1. The number of aromatic nitrogens is 4. The van der Waals surface area contributed by atoms with Gasteiger partial charge in [-0.05, 0) is 61.5 Å². The zero-order valence-corrected chi connectivity index (χ0v) is 25.6. The van der Waals surface area contributed by atoms with E-state index in [1.165, 1.54) is 18.2 Å². The molecule has 1 aliphatic rings. The van der Waals surface area contributed by atoms with Crippen molar-refractivity contribution in [1.29, 1.82) is 0 Å². The lowest BCUT2D eigenvalue weighted by Gasteiger charge is -2.33. The molecule has 1 saturated heterocycles. The number of ether oxygens (including phenoxy) is 1. The molecule has 2 aromatic heterocycles. The van der Waals surface area contributed by atoms with Crippen molar-refractivity contribution in [3.63, 3.8) is 0 Å². The van der Waals surface area contributed by atoms with Crippen molar-refractivity contribution in [3.05, 3.63) is 89.1 Å². The topological polar surface area (TPSA) is 114 Å². The third-order valence-electron chi connectivity index (χ3n) is 7.93. The molecule has 1 aliphatic heterocycles. The molecule has 13 heteroatoms. The van der Waals surface area contributed by atoms with Gasteiger partial charge < -0.3 is 20.7 Å². The summed E-state index contributed by atoms with van der Waals surface area (Å²) in [6, 6.07) is 16.0. The van der Waals surface area contributed by atoms with E-state index in [4.69, 9.17) is 10.5 Å². The number of hydrogen-bond acceptors (Lipinski definition) is 8. The Bertz CT molecular complexity index is 1920. The molecular weight excluding hydrogens is 597 g/mol. The van der Waals surface area contributed by atoms with Crippen molar-refractivity contribution in [3.8, 4) is 23.0 Å². The largest absolute Gasteiger partial charge is 0.438 e. The summed E-state index contributed by atoms with van der Waals surface area (Å²) in [5.41, 5.74) is 7.90. The molecular formula is C33H33F3N8O2. The molecule has 5 aromatic rings. The van der Waals surface area contributed by atoms with Gasteiger partial charge in [-0.25, -0.2) is 4.98 Å². The van der Waals surface area contributed by atoms with Crippen LogP contribution >= 0.6 is 0 Å². The average molecular weight is 631 g/mol. The van der Waals surface area contributed by atoms with Crippen LogP contribution in [0, 0.1) is 6.92 Å². The number of carbonyl (C=O) groups is 1. The summed E-state index contributed by atoms with van der Waals surface area (Å²) in [5.74, 6) is 0.306. The van der Waals surface area contributed by atoms with Crippen LogP contribution in [0.5, 0.6) is 11.6 Å². The molecule has 0 saturated carbocycles. The number of piperazine rings is 1. The maximum Gasteiger partial charge on any atom is 0.416 e. The van der Waals surface area contributed by atoms with E-state index in [9.17, 15) is 18.0 Å². The average Bonchev–Trinajstić information content (AvgIpc) is 3.40. The van der Waals surface area contributed by atoms with Crippen molar-refractivity contribution in [2.24, 2.45) is 7.05 Å². The zero-order valence-electron chi connectivity index (χ0n) is 25.6. The molecule has 3 aromatic carbocycles. The van der Waals surface area contributed by atoms with Crippen molar-refractivity contribution < 1.29 is 22.7 Å². The van der Waals surface area contributed by atoms with Crippen molar-refractivity contribution in [2.75, 3.05) is 44.3 Å². The van der Waals surface area contributed by atoms with E-state index >= 15 is 0 Å². The minimum Gasteiger partial charge on any atom is -0.438 e. The number of alkyl halides is 3. The van der Waals surface area contributed by atoms with Crippen molar-refractivity contribution >= 4 is 28.3 Å². The van der Waals surface area contributed by atoms with E-state index in [1.807, 2.05) is 18.0 Å². The number of hydrogen-bond donors (Lipinski definition) is 2. The molecule has 3 heterocycles. The van der Waals surface area contributed by atoms with Crippen LogP contribution in [0.25, 0.3) is 22.4 Å². The summed E-state index contributed by atoms with van der Waals surface area (Å²) in [7, 11) is 3.75. The van der Waals surface area contributed by atoms with Crippen LogP contribution in [0.2, 0.25) is 0 Å². The van der Waals surface area contributed by atoms with Gasteiger partial charge in [-0.3, -0.25) is 14.4 Å². The van der Waals surface area contributed by atoms with Gasteiger partial charge in [0.25, 0.3) is 5.91 Å². The zero-order chi connectivity index (χ0) is 32.6. The first-order chi connectivity index (χ1) is 21.9. The van der Waals surface area contributed by atoms with Crippen molar-refractivity contribution in [1.82, 2.24) is 29.5 Å². The van der Waals surface area contributed by atoms with Crippen LogP contribution in [0.4, 0.5) is 24.5 Å². The maximum atomic E-state index is 14.1. The number of nitrogens with one attached hydrogen (secondary N) is 1. The Morgan fingerprint density at radius 3 is 2.52 bits per heavy atom. The second kappa shape index (κ2) is 12.4. The Labute approximate surface area is 263 Å². The number of nitrogens with two attached hydrogens (primary N) is 1. The van der Waals surface area contributed by atoms with Crippen LogP contribution in [0.3, 0.4) is 0 Å². The fourth-order valence-corrected chi connectivity index (χ4v) is 5.40. The molecule has 0 bridgehead atoms. The van der Waals surface area contributed by atoms with Gasteiger partial charge in [0.05, 0.1) is 5.56 Å². The number of fused-ring (bicyclic) bond motifs is 1. The lowest BCUT2D eigenvalue weighted by molar-refractivity contribution is -0.138. The minimum atomic E-state index is -4.58. The number of amides is 1. The Morgan fingerprint density at radius 2 is 1.78 bits per heavy atom. The highest BCUT2D eigenvalue weighted by atomic mass is 19.4. The van der Waals surface area contributed by atoms with Crippen molar-refractivity contribution in [2.45, 2.75) is 19.6 Å². The van der Waals surface area contributed by atoms with Gasteiger partial charge in [0.2, 0.25) is 5.88 Å². The van der Waals surface area contributed by atoms with Crippen LogP contribution in [-0.4, -0.2) is 68.7 Å². The fraction of sp³-hybridized carbons (Fsp3) is 0.273. The summed E-state index contributed by atoms with van der Waals surface area (Å²) in [6.07, 6.45) is -2.85. The number of nitrogens with zero attached hydrogens (tertiary/aromatic N) is 6. The molecule has 0 atom stereocenters. The smallest absolute Gasteiger partial charge is 0.416 e. The molecule has 1 amide bonds. The van der Waals surface area contributed by atoms with Crippen LogP contribution in [0.1, 0.15) is 27.0 Å². The van der Waals surface area contributed by atoms with Gasteiger partial charge >= 0.3 is 6.18 Å². The molecule has 0 spiro atoms. The standard InChI is InChI=1S/C33H33F3N8O2/c1-20-7-10-25(46-32-27-19-43(3)41-30(27)39-29(40-32)21-5-4-6-23(37)15-21)17-26(20)31(45)38-24-9-8-22(28(16-24)33(34,35)36)18-44-13-11-42(2)12-14-44/h4-10,15-17,19H,11-14,18,37H2,1-3H3,(H,38,45). The third kappa shape index (κ3) is 6.80. The van der Waals surface area contributed by atoms with E-state index < -0.39 is 17.6 Å². The van der Waals surface area contributed by atoms with Gasteiger partial charge in [0, 0.05) is 68.5 Å². The highest BCUT2D eigenvalue weighted by Crippen LogP contribution is 2.35. The third-order valence-corrected chi connectivity index (χ3v) is 7.93. The number of halogens is 3. The Hall–Kier alpha value is -5.01. The molecule has 3 N–H and O–H groups in total. The van der Waals surface area contributed by atoms with Crippen LogP contribution in [0.15, 0.2) is 66.9 Å². The van der Waals surface area contributed by atoms with Gasteiger partial charge in [-0.1, -0.05) is 24.3 Å². The van der Waals surface area contributed by atoms with E-state index in [1.54, 1.807) is 55.2 Å². The molecule has 46 heavy (non-hydrogen) atoms. The van der Waals surface area contributed by atoms with Crippen LogP contribution < -0.4 is 15.8 Å². The summed E-state index contributed by atoms with van der Waals surface area (Å²) in [4.78, 5) is 26.7. The second-order valence-corrected chi connectivity index (χ2v) is 11.5. The first kappa shape index (κ1) is 31.0. The predicted molar refractivity (Wildman–Crippen MR) is 170 cm³/mol. The van der Waals surface area contributed by atoms with E-state index in [2.05, 4.69) is 25.3 Å². The quantitative estimate of drug-likeness (QED) is 0.219. The highest BCUT2D eigenvalue weighted by molar-refractivity contribution is 6.05. The van der Waals surface area contributed by atoms with E-state index in [0.717, 1.165) is 19.2 Å². The molecule has 238 valence electrons. The summed E-state index contributed by atoms with van der Waals surface area (Å²) < 4.78 is 50.1. The number of carbonyl (C=O) groups excluding carboxylic acids is 1. The molecule has 1 fully saturated rings. The Morgan fingerprint density at radius 1 is 1.00 bits per heavy atom. The number of likely N-dealkylation sites (N-methyl/N-ethyl adjacent to an activating group) is 1. The SMILES string of the molecule is Cc1ccc(Oc2nc(-c3cccc(N)c3)nc3nn(C)cc23)cc1C(=O)Nc1ccc(CN2CCN(C)CC2)c(C(F)(F)F)c1. The minimum absolute atomic E-state index is 0.0461. The van der Waals surface area contributed by atoms with E-state index in [0.29, 0.717) is 52.5 Å². The van der Waals surface area contributed by atoms with Crippen LogP contribution in [-0.2, 0) is 19.8 Å². The molecule has 6 rings (SSSR count). The number of nitrogen functional groups attached to an aromatic ring is 1. The Balaban J connectivity index is 1.26. The predicted octanol–water partition coefficient (Wildman–Crippen LogP) is 5.73. The molecule has 0 aliphatic carbocycles. The van der Waals surface area contributed by atoms with Gasteiger partial charge in [0.1, 0.15) is 11.1 Å². The summed E-state index contributed by atoms with van der Waals surface area (Å²) >= 11 is 0. The number of anilines is 2. The lowest BCUT2D eigenvalue weighted by Crippen LogP contribution is -2.44. The fourth-order valence-electron chi connectivity index (χ4n) is 5.40. The monoisotopic (exact) mass is 630 g/mol. The number of benzene rings is 3. The first-order valence-corrected chi connectivity index (χ1v) is 14.7. The first-order valence-electron chi connectivity index (χ1n) is 14.7.